The van der Waals surface area contributed by atoms with Gasteiger partial charge in [-0.3, -0.25) is 14.6 Å². The number of nitrogens with one attached hydrogen (secondary N) is 1. The summed E-state index contributed by atoms with van der Waals surface area (Å²) in [6, 6.07) is 16.9. The molecule has 0 unspecified atom stereocenters. The molecule has 0 spiro atoms. The second-order valence-corrected chi connectivity index (χ2v) is 7.86. The number of hydrogen-bond donors (Lipinski definition) is 1. The molecule has 1 saturated heterocycles. The third kappa shape index (κ3) is 5.14. The highest BCUT2D eigenvalue weighted by Gasteiger charge is 2.20. The third-order valence-corrected chi connectivity index (χ3v) is 5.56. The van der Waals surface area contributed by atoms with Crippen molar-refractivity contribution >= 4 is 35.4 Å². The van der Waals surface area contributed by atoms with Crippen molar-refractivity contribution in [2.45, 2.75) is 6.67 Å². The van der Waals surface area contributed by atoms with Crippen LogP contribution >= 0.6 is 23.8 Å². The van der Waals surface area contributed by atoms with Crippen molar-refractivity contribution in [1.29, 1.82) is 0 Å². The van der Waals surface area contributed by atoms with Crippen LogP contribution < -0.4 is 5.32 Å². The Morgan fingerprint density at radius 2 is 1.70 bits per heavy atom. The number of halogens is 1. The first-order valence-electron chi connectivity index (χ1n) is 9.71. The van der Waals surface area contributed by atoms with Gasteiger partial charge >= 0.3 is 0 Å². The van der Waals surface area contributed by atoms with Crippen molar-refractivity contribution in [3.05, 3.63) is 64.5 Å². The number of carbonyl (C=O) groups is 1. The van der Waals surface area contributed by atoms with E-state index in [2.05, 4.69) is 20.2 Å². The number of piperazine rings is 1. The van der Waals surface area contributed by atoms with E-state index in [-0.39, 0.29) is 5.91 Å². The molecule has 2 heterocycles. The van der Waals surface area contributed by atoms with Crippen molar-refractivity contribution in [2.75, 3.05) is 38.0 Å². The van der Waals surface area contributed by atoms with Crippen LogP contribution in [0.15, 0.2) is 59.0 Å². The van der Waals surface area contributed by atoms with E-state index in [0.717, 1.165) is 31.7 Å². The molecule has 1 amide bonds. The Morgan fingerprint density at radius 1 is 1.03 bits per heavy atom. The largest absolute Gasteiger partial charge is 0.409 e. The van der Waals surface area contributed by atoms with Crippen LogP contribution in [0.25, 0.3) is 11.5 Å². The highest BCUT2D eigenvalue weighted by Crippen LogP contribution is 2.20. The molecule has 0 radical (unpaired) electrons. The van der Waals surface area contributed by atoms with Gasteiger partial charge in [0.2, 0.25) is 11.8 Å². The predicted molar refractivity (Wildman–Crippen MR) is 119 cm³/mol. The molecule has 0 aliphatic carbocycles. The summed E-state index contributed by atoms with van der Waals surface area (Å²) in [6.07, 6.45) is 0. The molecular weight excluding hydrogens is 422 g/mol. The maximum atomic E-state index is 12.3. The second kappa shape index (κ2) is 9.53. The average molecular weight is 444 g/mol. The highest BCUT2D eigenvalue weighted by atomic mass is 35.5. The van der Waals surface area contributed by atoms with Crippen LogP contribution in [-0.2, 0) is 11.5 Å². The first-order valence-corrected chi connectivity index (χ1v) is 10.5. The Kier molecular flexibility index (Phi) is 6.59. The number of para-hydroxylation sites is 1. The zero-order valence-electron chi connectivity index (χ0n) is 16.3. The van der Waals surface area contributed by atoms with Crippen molar-refractivity contribution in [1.82, 2.24) is 19.6 Å². The fourth-order valence-corrected chi connectivity index (χ4v) is 3.69. The summed E-state index contributed by atoms with van der Waals surface area (Å²) in [5, 5.41) is 7.92. The minimum absolute atomic E-state index is 0.0669. The summed E-state index contributed by atoms with van der Waals surface area (Å²) < 4.78 is 7.35. The number of hydrogen-bond acceptors (Lipinski definition) is 6. The maximum absolute atomic E-state index is 12.3. The van der Waals surface area contributed by atoms with Gasteiger partial charge < -0.3 is 9.73 Å². The van der Waals surface area contributed by atoms with Crippen LogP contribution in [0, 0.1) is 4.84 Å². The molecule has 4 rings (SSSR count). The van der Waals surface area contributed by atoms with Crippen LogP contribution in [0.2, 0.25) is 5.02 Å². The molecule has 2 aromatic carbocycles. The predicted octanol–water partition coefficient (Wildman–Crippen LogP) is 3.74. The molecule has 0 saturated carbocycles. The van der Waals surface area contributed by atoms with Gasteiger partial charge in [-0.2, -0.15) is 0 Å². The number of aromatic nitrogens is 2. The van der Waals surface area contributed by atoms with Crippen molar-refractivity contribution in [3.63, 3.8) is 0 Å². The van der Waals surface area contributed by atoms with Crippen LogP contribution in [0.3, 0.4) is 0 Å². The lowest BCUT2D eigenvalue weighted by Crippen LogP contribution is -2.48. The lowest BCUT2D eigenvalue weighted by Gasteiger charge is -2.33. The van der Waals surface area contributed by atoms with Gasteiger partial charge in [-0.25, -0.2) is 4.68 Å². The minimum atomic E-state index is -0.0669. The number of carbonyl (C=O) groups excluding carboxylic acids is 1. The summed E-state index contributed by atoms with van der Waals surface area (Å²) in [5.74, 6) is 0.457. The standard InChI is InChI=1S/C21H22ClN5O2S/c22-17-8-4-5-9-18(17)23-19(28)14-25-10-12-26(13-11-25)15-27-21(30)29-20(24-27)16-6-2-1-3-7-16/h1-9H,10-15H2,(H,23,28). The Balaban J connectivity index is 1.28. The minimum Gasteiger partial charge on any atom is -0.409 e. The normalized spacial score (nSPS) is 15.2. The molecule has 3 aromatic rings. The van der Waals surface area contributed by atoms with Crippen molar-refractivity contribution in [2.24, 2.45) is 0 Å². The zero-order valence-corrected chi connectivity index (χ0v) is 17.9. The number of anilines is 1. The lowest BCUT2D eigenvalue weighted by molar-refractivity contribution is -0.117. The summed E-state index contributed by atoms with van der Waals surface area (Å²) in [6.45, 7) is 4.10. The molecule has 1 N–H and O–H groups in total. The van der Waals surface area contributed by atoms with Gasteiger partial charge in [0.15, 0.2) is 0 Å². The molecule has 1 aromatic heterocycles. The topological polar surface area (TPSA) is 66.5 Å². The lowest BCUT2D eigenvalue weighted by atomic mass is 10.2. The number of nitrogens with zero attached hydrogens (tertiary/aromatic N) is 4. The summed E-state index contributed by atoms with van der Waals surface area (Å²) >= 11 is 11.4. The van der Waals surface area contributed by atoms with Crippen molar-refractivity contribution < 1.29 is 9.21 Å². The molecule has 156 valence electrons. The number of rotatable bonds is 6. The van der Waals surface area contributed by atoms with Crippen LogP contribution in [0.4, 0.5) is 5.69 Å². The van der Waals surface area contributed by atoms with Gasteiger partial charge in [0.1, 0.15) is 0 Å². The number of benzene rings is 2. The molecule has 0 atom stereocenters. The van der Waals surface area contributed by atoms with Gasteiger partial charge in [0.05, 0.1) is 23.9 Å². The maximum Gasteiger partial charge on any atom is 0.288 e. The monoisotopic (exact) mass is 443 g/mol. The van der Waals surface area contributed by atoms with Gasteiger partial charge in [-0.05, 0) is 36.5 Å². The Labute approximate surface area is 184 Å². The van der Waals surface area contributed by atoms with Crippen LogP contribution in [-0.4, -0.2) is 58.2 Å². The zero-order chi connectivity index (χ0) is 20.9. The Morgan fingerprint density at radius 3 is 2.43 bits per heavy atom. The second-order valence-electron chi connectivity index (χ2n) is 7.10. The molecule has 0 bridgehead atoms. The first kappa shape index (κ1) is 20.7. The fourth-order valence-electron chi connectivity index (χ4n) is 3.33. The van der Waals surface area contributed by atoms with Crippen LogP contribution in [0.1, 0.15) is 0 Å². The van der Waals surface area contributed by atoms with E-state index in [4.69, 9.17) is 28.2 Å². The molecular formula is C21H22ClN5O2S. The van der Waals surface area contributed by atoms with Gasteiger partial charge in [0, 0.05) is 31.7 Å². The molecule has 30 heavy (non-hydrogen) atoms. The first-order chi connectivity index (χ1) is 14.6. The summed E-state index contributed by atoms with van der Waals surface area (Å²) in [4.78, 5) is 17.0. The van der Waals surface area contributed by atoms with Crippen LogP contribution in [0.5, 0.6) is 0 Å². The molecule has 1 fully saturated rings. The Bertz CT molecular complexity index is 1060. The average Bonchev–Trinajstić information content (AvgIpc) is 3.12. The summed E-state index contributed by atoms with van der Waals surface area (Å²) in [5.41, 5.74) is 1.54. The Hall–Kier alpha value is -2.52. The SMILES string of the molecule is O=C(CN1CCN(Cn2nc(-c3ccccc3)oc2=S)CC1)Nc1ccccc1Cl. The van der Waals surface area contributed by atoms with E-state index in [1.165, 1.54) is 0 Å². The van der Waals surface area contributed by atoms with E-state index >= 15 is 0 Å². The van der Waals surface area contributed by atoms with Crippen molar-refractivity contribution in [3.8, 4) is 11.5 Å². The number of amides is 1. The molecule has 1 aliphatic rings. The quantitative estimate of drug-likeness (QED) is 0.585. The van der Waals surface area contributed by atoms with E-state index in [1.807, 2.05) is 42.5 Å². The third-order valence-electron chi connectivity index (χ3n) is 4.94. The smallest absolute Gasteiger partial charge is 0.288 e. The van der Waals surface area contributed by atoms with Gasteiger partial charge in [0.25, 0.3) is 4.84 Å². The molecule has 1 aliphatic heterocycles. The van der Waals surface area contributed by atoms with Gasteiger partial charge in [-0.1, -0.05) is 41.9 Å². The van der Waals surface area contributed by atoms with E-state index in [1.54, 1.807) is 16.8 Å². The molecule has 7 nitrogen and oxygen atoms in total. The summed E-state index contributed by atoms with van der Waals surface area (Å²) in [7, 11) is 0. The van der Waals surface area contributed by atoms with Gasteiger partial charge in [-0.15, -0.1) is 5.10 Å². The van der Waals surface area contributed by atoms with E-state index < -0.39 is 0 Å². The fraction of sp³-hybridized carbons (Fsp3) is 0.286. The van der Waals surface area contributed by atoms with E-state index in [0.29, 0.717) is 34.7 Å². The highest BCUT2D eigenvalue weighted by molar-refractivity contribution is 7.71. The van der Waals surface area contributed by atoms with E-state index in [9.17, 15) is 4.79 Å². The molecule has 9 heteroatoms.